The Kier molecular flexibility index (Phi) is 7.08. The zero-order valence-electron chi connectivity index (χ0n) is 14.3. The molecule has 1 aliphatic heterocycles. The fraction of sp³-hybridized carbons (Fsp3) is 0.632. The smallest absolute Gasteiger partial charge is 0.242 e. The maximum Gasteiger partial charge on any atom is 0.242 e. The average molecular weight is 353 g/mol. The summed E-state index contributed by atoms with van der Waals surface area (Å²) in [6, 6.07) is 10.2. The molecule has 134 valence electrons. The van der Waals surface area contributed by atoms with Crippen molar-refractivity contribution in [3.05, 3.63) is 35.9 Å². The first-order chi connectivity index (χ1) is 11.2. The molecule has 4 nitrogen and oxygen atoms in total. The Bertz CT molecular complexity index is 517. The summed E-state index contributed by atoms with van der Waals surface area (Å²) < 4.78 is 5.83. The molecule has 1 unspecified atom stereocenters. The Morgan fingerprint density at radius 3 is 2.62 bits per heavy atom. The highest BCUT2D eigenvalue weighted by Crippen LogP contribution is 2.29. The van der Waals surface area contributed by atoms with Crippen LogP contribution in [0, 0.1) is 5.92 Å². The van der Waals surface area contributed by atoms with Crippen molar-refractivity contribution >= 4 is 18.3 Å². The van der Waals surface area contributed by atoms with Crippen molar-refractivity contribution in [2.45, 2.75) is 50.7 Å². The number of benzene rings is 1. The molecule has 1 saturated heterocycles. The molecular weight excluding hydrogens is 324 g/mol. The van der Waals surface area contributed by atoms with Crippen LogP contribution in [0.25, 0.3) is 0 Å². The molecule has 0 spiro atoms. The third-order valence-corrected chi connectivity index (χ3v) is 5.21. The standard InChI is InChI=1S/C19H28N2O2.ClH/c20-19(10-5-2-6-11-19)18(22)21-12-9-17(13-21)15-23-14-16-7-3-1-4-8-16;/h1,3-4,7-8,17H,2,5-6,9-15,20H2;1H. The minimum atomic E-state index is -0.599. The van der Waals surface area contributed by atoms with Gasteiger partial charge in [0.2, 0.25) is 5.91 Å². The zero-order valence-corrected chi connectivity index (χ0v) is 15.1. The minimum Gasteiger partial charge on any atom is -0.376 e. The molecule has 1 heterocycles. The Labute approximate surface area is 151 Å². The first-order valence-electron chi connectivity index (χ1n) is 8.87. The monoisotopic (exact) mass is 352 g/mol. The van der Waals surface area contributed by atoms with Gasteiger partial charge < -0.3 is 15.4 Å². The van der Waals surface area contributed by atoms with Crippen molar-refractivity contribution in [1.82, 2.24) is 4.90 Å². The molecule has 1 saturated carbocycles. The van der Waals surface area contributed by atoms with E-state index in [9.17, 15) is 4.79 Å². The van der Waals surface area contributed by atoms with Gasteiger partial charge >= 0.3 is 0 Å². The normalized spacial score (nSPS) is 22.9. The predicted molar refractivity (Wildman–Crippen MR) is 98.0 cm³/mol. The van der Waals surface area contributed by atoms with Gasteiger partial charge in [-0.05, 0) is 24.8 Å². The summed E-state index contributed by atoms with van der Waals surface area (Å²) in [5.41, 5.74) is 6.98. The van der Waals surface area contributed by atoms with Gasteiger partial charge in [-0.3, -0.25) is 4.79 Å². The molecule has 0 aromatic heterocycles. The Balaban J connectivity index is 0.00000208. The van der Waals surface area contributed by atoms with Crippen molar-refractivity contribution < 1.29 is 9.53 Å². The van der Waals surface area contributed by atoms with Crippen molar-refractivity contribution in [3.63, 3.8) is 0 Å². The number of ether oxygens (including phenoxy) is 1. The van der Waals surface area contributed by atoms with Gasteiger partial charge in [-0.2, -0.15) is 0 Å². The number of halogens is 1. The molecule has 24 heavy (non-hydrogen) atoms. The highest BCUT2D eigenvalue weighted by Gasteiger charge is 2.40. The molecule has 3 rings (SSSR count). The molecule has 0 bridgehead atoms. The van der Waals surface area contributed by atoms with E-state index in [4.69, 9.17) is 10.5 Å². The van der Waals surface area contributed by atoms with E-state index in [1.165, 1.54) is 12.0 Å². The van der Waals surface area contributed by atoms with Gasteiger partial charge in [-0.15, -0.1) is 12.4 Å². The van der Waals surface area contributed by atoms with E-state index in [2.05, 4.69) is 12.1 Å². The van der Waals surface area contributed by atoms with Crippen LogP contribution >= 0.6 is 12.4 Å². The van der Waals surface area contributed by atoms with Crippen LogP contribution in [-0.4, -0.2) is 36.0 Å². The molecule has 2 N–H and O–H groups in total. The molecule has 1 aromatic carbocycles. The lowest BCUT2D eigenvalue weighted by atomic mass is 9.81. The van der Waals surface area contributed by atoms with Crippen LogP contribution in [0.1, 0.15) is 44.1 Å². The largest absolute Gasteiger partial charge is 0.376 e. The second-order valence-electron chi connectivity index (χ2n) is 7.12. The lowest BCUT2D eigenvalue weighted by Crippen LogP contribution is -2.55. The number of carbonyl (C=O) groups excluding carboxylic acids is 1. The molecular formula is C19H29ClN2O2. The van der Waals surface area contributed by atoms with Gasteiger partial charge in [-0.25, -0.2) is 0 Å². The van der Waals surface area contributed by atoms with E-state index >= 15 is 0 Å². The summed E-state index contributed by atoms with van der Waals surface area (Å²) in [7, 11) is 0. The van der Waals surface area contributed by atoms with Crippen molar-refractivity contribution in [3.8, 4) is 0 Å². The lowest BCUT2D eigenvalue weighted by molar-refractivity contribution is -0.137. The SMILES string of the molecule is Cl.NC1(C(=O)N2CCC(COCc3ccccc3)C2)CCCCC1. The number of nitrogens with zero attached hydrogens (tertiary/aromatic N) is 1. The Morgan fingerprint density at radius 1 is 1.21 bits per heavy atom. The van der Waals surface area contributed by atoms with Crippen molar-refractivity contribution in [2.24, 2.45) is 11.7 Å². The zero-order chi connectivity index (χ0) is 16.1. The summed E-state index contributed by atoms with van der Waals surface area (Å²) in [6.45, 7) is 2.99. The van der Waals surface area contributed by atoms with E-state index in [0.29, 0.717) is 12.5 Å². The van der Waals surface area contributed by atoms with Crippen LogP contribution in [-0.2, 0) is 16.1 Å². The summed E-state index contributed by atoms with van der Waals surface area (Å²) >= 11 is 0. The van der Waals surface area contributed by atoms with Crippen LogP contribution < -0.4 is 5.73 Å². The van der Waals surface area contributed by atoms with E-state index in [1.54, 1.807) is 0 Å². The van der Waals surface area contributed by atoms with E-state index < -0.39 is 5.54 Å². The van der Waals surface area contributed by atoms with Crippen LogP contribution in [0.5, 0.6) is 0 Å². The van der Waals surface area contributed by atoms with E-state index in [0.717, 1.165) is 51.8 Å². The molecule has 1 atom stereocenters. The average Bonchev–Trinajstić information content (AvgIpc) is 3.04. The van der Waals surface area contributed by atoms with Crippen LogP contribution in [0.15, 0.2) is 30.3 Å². The van der Waals surface area contributed by atoms with Gasteiger partial charge in [0.05, 0.1) is 18.8 Å². The van der Waals surface area contributed by atoms with Crippen LogP contribution in [0.3, 0.4) is 0 Å². The third kappa shape index (κ3) is 4.71. The van der Waals surface area contributed by atoms with Gasteiger partial charge in [-0.1, -0.05) is 49.6 Å². The molecule has 2 fully saturated rings. The second kappa shape index (κ2) is 8.84. The van der Waals surface area contributed by atoms with E-state index in [1.807, 2.05) is 23.1 Å². The van der Waals surface area contributed by atoms with Gasteiger partial charge in [0.1, 0.15) is 0 Å². The maximum absolute atomic E-state index is 12.7. The van der Waals surface area contributed by atoms with Crippen molar-refractivity contribution in [1.29, 1.82) is 0 Å². The quantitative estimate of drug-likeness (QED) is 0.885. The van der Waals surface area contributed by atoms with E-state index in [-0.39, 0.29) is 18.3 Å². The number of nitrogens with two attached hydrogens (primary N) is 1. The summed E-state index contributed by atoms with van der Waals surface area (Å²) in [6.07, 6.45) is 6.09. The molecule has 1 aliphatic carbocycles. The maximum atomic E-state index is 12.7. The van der Waals surface area contributed by atoms with Crippen molar-refractivity contribution in [2.75, 3.05) is 19.7 Å². The van der Waals surface area contributed by atoms with Gasteiger partial charge in [0.25, 0.3) is 0 Å². The predicted octanol–water partition coefficient (Wildman–Crippen LogP) is 3.14. The third-order valence-electron chi connectivity index (χ3n) is 5.21. The number of rotatable bonds is 5. The molecule has 1 aromatic rings. The van der Waals surface area contributed by atoms with Gasteiger partial charge in [0.15, 0.2) is 0 Å². The summed E-state index contributed by atoms with van der Waals surface area (Å²) in [5.74, 6) is 0.609. The summed E-state index contributed by atoms with van der Waals surface area (Å²) in [5, 5.41) is 0. The first kappa shape index (κ1) is 19.2. The fourth-order valence-electron chi connectivity index (χ4n) is 3.78. The highest BCUT2D eigenvalue weighted by molar-refractivity contribution is 5.86. The topological polar surface area (TPSA) is 55.6 Å². The second-order valence-corrected chi connectivity index (χ2v) is 7.12. The molecule has 0 radical (unpaired) electrons. The summed E-state index contributed by atoms with van der Waals surface area (Å²) in [4.78, 5) is 14.7. The first-order valence-corrected chi connectivity index (χ1v) is 8.87. The number of hydrogen-bond donors (Lipinski definition) is 1. The number of amides is 1. The molecule has 1 amide bonds. The van der Waals surface area contributed by atoms with Crippen LogP contribution in [0.2, 0.25) is 0 Å². The Morgan fingerprint density at radius 2 is 1.92 bits per heavy atom. The van der Waals surface area contributed by atoms with Gasteiger partial charge in [0, 0.05) is 19.0 Å². The minimum absolute atomic E-state index is 0. The molecule has 2 aliphatic rings. The number of hydrogen-bond acceptors (Lipinski definition) is 3. The Hall–Kier alpha value is -1.10. The lowest BCUT2D eigenvalue weighted by Gasteiger charge is -2.35. The number of likely N-dealkylation sites (tertiary alicyclic amines) is 1. The fourth-order valence-corrected chi connectivity index (χ4v) is 3.78. The highest BCUT2D eigenvalue weighted by atomic mass is 35.5. The van der Waals surface area contributed by atoms with Crippen LogP contribution in [0.4, 0.5) is 0 Å². The molecule has 5 heteroatoms. The number of carbonyl (C=O) groups is 1.